The quantitative estimate of drug-likeness (QED) is 0.755. The number of methoxy groups -OCH3 is 1. The van der Waals surface area contributed by atoms with E-state index in [0.717, 1.165) is 24.6 Å². The van der Waals surface area contributed by atoms with E-state index in [1.807, 2.05) is 6.07 Å². The summed E-state index contributed by atoms with van der Waals surface area (Å²) in [5.74, 6) is 0.163. The second-order valence-electron chi connectivity index (χ2n) is 4.60. The van der Waals surface area contributed by atoms with Crippen LogP contribution in [0.15, 0.2) is 11.4 Å². The molecule has 1 aliphatic rings. The van der Waals surface area contributed by atoms with Crippen LogP contribution in [0.2, 0.25) is 0 Å². The molecule has 1 fully saturated rings. The molecule has 1 aromatic rings. The average molecular weight is 253 g/mol. The van der Waals surface area contributed by atoms with Crippen LogP contribution < -0.4 is 0 Å². The fraction of sp³-hybridized carbons (Fsp3) is 0.615. The molecule has 1 aromatic heterocycles. The molecule has 94 valence electrons. The zero-order valence-corrected chi connectivity index (χ0v) is 11.3. The maximum Gasteiger partial charge on any atom is 0.169 e. The molecule has 2 rings (SSSR count). The SMILES string of the molecule is COCC1CCCN1Cc1csc(C(C)=O)c1. The molecule has 1 unspecified atom stereocenters. The highest BCUT2D eigenvalue weighted by Gasteiger charge is 2.24. The zero-order valence-electron chi connectivity index (χ0n) is 10.4. The molecule has 1 saturated heterocycles. The third-order valence-corrected chi connectivity index (χ3v) is 4.32. The number of carbonyl (C=O) groups is 1. The number of nitrogens with zero attached hydrogens (tertiary/aromatic N) is 1. The standard InChI is InChI=1S/C13H19NO2S/c1-10(15)13-6-11(9-17-13)7-14-5-3-4-12(14)8-16-2/h6,9,12H,3-5,7-8H2,1-2H3. The van der Waals surface area contributed by atoms with Gasteiger partial charge in [-0.1, -0.05) is 0 Å². The third kappa shape index (κ3) is 3.15. The lowest BCUT2D eigenvalue weighted by Gasteiger charge is -2.23. The molecule has 0 radical (unpaired) electrons. The van der Waals surface area contributed by atoms with Crippen molar-refractivity contribution in [2.75, 3.05) is 20.3 Å². The van der Waals surface area contributed by atoms with E-state index in [-0.39, 0.29) is 5.78 Å². The van der Waals surface area contributed by atoms with Crippen molar-refractivity contribution < 1.29 is 9.53 Å². The summed E-state index contributed by atoms with van der Waals surface area (Å²) in [6, 6.07) is 2.57. The lowest BCUT2D eigenvalue weighted by Crippen LogP contribution is -2.32. The van der Waals surface area contributed by atoms with Crippen LogP contribution in [0.1, 0.15) is 35.0 Å². The Labute approximate surface area is 106 Å². The lowest BCUT2D eigenvalue weighted by molar-refractivity contribution is 0.102. The number of carbonyl (C=O) groups excluding carboxylic acids is 1. The largest absolute Gasteiger partial charge is 0.383 e. The molecule has 0 aromatic carbocycles. The predicted octanol–water partition coefficient (Wildman–Crippen LogP) is 2.56. The Balaban J connectivity index is 1.97. The number of ether oxygens (including phenoxy) is 1. The zero-order chi connectivity index (χ0) is 12.3. The summed E-state index contributed by atoms with van der Waals surface area (Å²) in [4.78, 5) is 14.6. The molecule has 3 nitrogen and oxygen atoms in total. The summed E-state index contributed by atoms with van der Waals surface area (Å²) in [6.07, 6.45) is 2.47. The number of hydrogen-bond donors (Lipinski definition) is 0. The number of rotatable bonds is 5. The molecular formula is C13H19NO2S. The van der Waals surface area contributed by atoms with Gasteiger partial charge < -0.3 is 4.74 Å². The number of thiophene rings is 1. The van der Waals surface area contributed by atoms with E-state index in [9.17, 15) is 4.79 Å². The molecule has 4 heteroatoms. The van der Waals surface area contributed by atoms with Crippen LogP contribution in [-0.2, 0) is 11.3 Å². The van der Waals surface area contributed by atoms with Gasteiger partial charge in [-0.25, -0.2) is 0 Å². The molecule has 0 amide bonds. The smallest absolute Gasteiger partial charge is 0.169 e. The highest BCUT2D eigenvalue weighted by molar-refractivity contribution is 7.12. The van der Waals surface area contributed by atoms with Crippen molar-refractivity contribution in [3.63, 3.8) is 0 Å². The van der Waals surface area contributed by atoms with Crippen molar-refractivity contribution in [2.45, 2.75) is 32.4 Å². The molecule has 1 atom stereocenters. The van der Waals surface area contributed by atoms with E-state index in [1.54, 1.807) is 25.4 Å². The van der Waals surface area contributed by atoms with Crippen molar-refractivity contribution in [3.05, 3.63) is 21.9 Å². The Morgan fingerprint density at radius 2 is 2.47 bits per heavy atom. The third-order valence-electron chi connectivity index (χ3n) is 3.24. The van der Waals surface area contributed by atoms with Gasteiger partial charge in [0, 0.05) is 19.7 Å². The van der Waals surface area contributed by atoms with Gasteiger partial charge in [0.1, 0.15) is 0 Å². The van der Waals surface area contributed by atoms with E-state index < -0.39 is 0 Å². The van der Waals surface area contributed by atoms with Crippen molar-refractivity contribution in [1.82, 2.24) is 4.90 Å². The van der Waals surface area contributed by atoms with Gasteiger partial charge >= 0.3 is 0 Å². The van der Waals surface area contributed by atoms with Gasteiger partial charge in [0.2, 0.25) is 0 Å². The first-order valence-corrected chi connectivity index (χ1v) is 6.90. The van der Waals surface area contributed by atoms with Crippen LogP contribution in [0.4, 0.5) is 0 Å². The van der Waals surface area contributed by atoms with Crippen LogP contribution in [0, 0.1) is 0 Å². The highest BCUT2D eigenvalue weighted by atomic mass is 32.1. The summed E-state index contributed by atoms with van der Waals surface area (Å²) >= 11 is 1.55. The first kappa shape index (κ1) is 12.7. The van der Waals surface area contributed by atoms with E-state index in [0.29, 0.717) is 6.04 Å². The van der Waals surface area contributed by atoms with E-state index in [4.69, 9.17) is 4.74 Å². The molecule has 0 bridgehead atoms. The molecule has 1 aliphatic heterocycles. The summed E-state index contributed by atoms with van der Waals surface area (Å²) in [5, 5.41) is 2.10. The normalized spacial score (nSPS) is 20.9. The fourth-order valence-electron chi connectivity index (χ4n) is 2.36. The summed E-state index contributed by atoms with van der Waals surface area (Å²) in [5.41, 5.74) is 1.25. The van der Waals surface area contributed by atoms with E-state index >= 15 is 0 Å². The molecule has 0 saturated carbocycles. The Hall–Kier alpha value is -0.710. The maximum absolute atomic E-state index is 11.2. The van der Waals surface area contributed by atoms with Crippen LogP contribution in [0.25, 0.3) is 0 Å². The van der Waals surface area contributed by atoms with Gasteiger partial charge in [-0.3, -0.25) is 9.69 Å². The number of likely N-dealkylation sites (tertiary alicyclic amines) is 1. The monoisotopic (exact) mass is 253 g/mol. The molecule has 0 aliphatic carbocycles. The Morgan fingerprint density at radius 3 is 3.12 bits per heavy atom. The Kier molecular flexibility index (Phi) is 4.31. The van der Waals surface area contributed by atoms with Gasteiger partial charge in [0.15, 0.2) is 5.78 Å². The van der Waals surface area contributed by atoms with Gasteiger partial charge in [-0.15, -0.1) is 11.3 Å². The molecule has 0 N–H and O–H groups in total. The second kappa shape index (κ2) is 5.76. The summed E-state index contributed by atoms with van der Waals surface area (Å²) in [7, 11) is 1.76. The second-order valence-corrected chi connectivity index (χ2v) is 5.51. The fourth-order valence-corrected chi connectivity index (χ4v) is 3.17. The number of ketones is 1. The first-order valence-electron chi connectivity index (χ1n) is 6.02. The van der Waals surface area contributed by atoms with Gasteiger partial charge in [-0.2, -0.15) is 0 Å². The van der Waals surface area contributed by atoms with Crippen LogP contribution in [0.5, 0.6) is 0 Å². The van der Waals surface area contributed by atoms with Crippen molar-refractivity contribution in [1.29, 1.82) is 0 Å². The van der Waals surface area contributed by atoms with Crippen LogP contribution >= 0.6 is 11.3 Å². The summed E-state index contributed by atoms with van der Waals surface area (Å²) < 4.78 is 5.24. The Bertz CT molecular complexity index is 389. The van der Waals surface area contributed by atoms with Crippen molar-refractivity contribution >= 4 is 17.1 Å². The van der Waals surface area contributed by atoms with Gasteiger partial charge in [0.05, 0.1) is 11.5 Å². The van der Waals surface area contributed by atoms with Crippen molar-refractivity contribution in [3.8, 4) is 0 Å². The van der Waals surface area contributed by atoms with E-state index in [1.165, 1.54) is 18.4 Å². The number of Topliss-reactive ketones (excluding diaryl/α,β-unsaturated/α-hetero) is 1. The van der Waals surface area contributed by atoms with Crippen LogP contribution in [0.3, 0.4) is 0 Å². The van der Waals surface area contributed by atoms with Crippen molar-refractivity contribution in [2.24, 2.45) is 0 Å². The highest BCUT2D eigenvalue weighted by Crippen LogP contribution is 2.23. The van der Waals surface area contributed by atoms with Gasteiger partial charge in [0.25, 0.3) is 0 Å². The minimum atomic E-state index is 0.163. The Morgan fingerprint density at radius 1 is 1.65 bits per heavy atom. The maximum atomic E-state index is 11.2. The topological polar surface area (TPSA) is 29.5 Å². The summed E-state index contributed by atoms with van der Waals surface area (Å²) in [6.45, 7) is 4.51. The van der Waals surface area contributed by atoms with Gasteiger partial charge in [-0.05, 0) is 43.3 Å². The molecular weight excluding hydrogens is 234 g/mol. The molecule has 2 heterocycles. The van der Waals surface area contributed by atoms with E-state index in [2.05, 4.69) is 10.3 Å². The molecule has 0 spiro atoms. The lowest BCUT2D eigenvalue weighted by atomic mass is 10.2. The number of hydrogen-bond acceptors (Lipinski definition) is 4. The average Bonchev–Trinajstić information content (AvgIpc) is 2.90. The minimum Gasteiger partial charge on any atom is -0.383 e. The molecule has 17 heavy (non-hydrogen) atoms. The predicted molar refractivity (Wildman–Crippen MR) is 69.6 cm³/mol. The van der Waals surface area contributed by atoms with Crippen LogP contribution in [-0.4, -0.2) is 37.0 Å². The minimum absolute atomic E-state index is 0.163. The first-order chi connectivity index (χ1) is 8.20.